The van der Waals surface area contributed by atoms with Crippen molar-refractivity contribution < 1.29 is 48.0 Å². The fourth-order valence-electron chi connectivity index (χ4n) is 9.83. The topological polar surface area (TPSA) is 145 Å². The van der Waals surface area contributed by atoms with E-state index in [1.54, 1.807) is 6.07 Å². The Labute approximate surface area is 427 Å². The lowest BCUT2D eigenvalue weighted by molar-refractivity contribution is -0.143. The van der Waals surface area contributed by atoms with Crippen molar-refractivity contribution >= 4 is 61.6 Å². The molecule has 2 heterocycles. The molecule has 1 N–H and O–H groups in total. The smallest absolute Gasteiger partial charge is 0.343 e. The molecule has 0 atom stereocenters. The van der Waals surface area contributed by atoms with E-state index >= 15 is 0 Å². The van der Waals surface area contributed by atoms with E-state index in [0.717, 1.165) is 70.0 Å². The van der Waals surface area contributed by atoms with Crippen LogP contribution in [0, 0.1) is 0 Å². The first-order chi connectivity index (χ1) is 33.8. The van der Waals surface area contributed by atoms with Gasteiger partial charge in [-0.1, -0.05) is 90.9 Å². The number of benzene rings is 4. The van der Waals surface area contributed by atoms with Crippen LogP contribution in [0.1, 0.15) is 149 Å². The van der Waals surface area contributed by atoms with Gasteiger partial charge in [0.1, 0.15) is 28.0 Å². The summed E-state index contributed by atoms with van der Waals surface area (Å²) in [4.78, 5) is 47.1. The zero-order valence-electron chi connectivity index (χ0n) is 43.1. The second-order valence-electron chi connectivity index (χ2n) is 20.4. The van der Waals surface area contributed by atoms with E-state index < -0.39 is 17.2 Å². The van der Waals surface area contributed by atoms with Crippen molar-refractivity contribution in [1.29, 1.82) is 0 Å². The molecular weight excluding hydrogens is 965 g/mol. The molecule has 0 spiro atoms. The number of aryl methyl sites for hydroxylation is 2. The molecule has 4 aromatic carbocycles. The molecule has 6 aromatic rings. The summed E-state index contributed by atoms with van der Waals surface area (Å²) in [6.07, 6.45) is 12.0. The molecule has 8 rings (SSSR count). The van der Waals surface area contributed by atoms with Gasteiger partial charge in [-0.25, -0.2) is 14.4 Å². The predicted molar refractivity (Wildman–Crippen MR) is 284 cm³/mol. The Hall–Kier alpha value is -6.08. The highest BCUT2D eigenvalue weighted by Crippen LogP contribution is 2.47. The Morgan fingerprint density at radius 1 is 0.592 bits per heavy atom. The van der Waals surface area contributed by atoms with Gasteiger partial charge in [0.15, 0.2) is 6.61 Å². The number of carbonyl (C=O) groups is 4. The first-order valence-electron chi connectivity index (χ1n) is 24.7. The number of esters is 4. The highest BCUT2D eigenvalue weighted by Gasteiger charge is 2.30. The summed E-state index contributed by atoms with van der Waals surface area (Å²) in [5.74, 6) is 0.493. The number of phenolic OH excluding ortho intramolecular Hbond substituents is 1. The number of phenols is 1. The maximum absolute atomic E-state index is 12.8. The van der Waals surface area contributed by atoms with Gasteiger partial charge >= 0.3 is 23.9 Å². The van der Waals surface area contributed by atoms with E-state index in [9.17, 15) is 24.3 Å². The van der Waals surface area contributed by atoms with E-state index in [2.05, 4.69) is 41.9 Å². The van der Waals surface area contributed by atoms with Crippen LogP contribution in [0.4, 0.5) is 0 Å². The van der Waals surface area contributed by atoms with Gasteiger partial charge in [0, 0.05) is 47.0 Å². The van der Waals surface area contributed by atoms with Gasteiger partial charge in [-0.15, -0.1) is 0 Å². The molecule has 2 saturated carbocycles. The van der Waals surface area contributed by atoms with E-state index in [4.69, 9.17) is 18.9 Å². The van der Waals surface area contributed by atoms with Crippen molar-refractivity contribution in [1.82, 2.24) is 9.13 Å². The van der Waals surface area contributed by atoms with E-state index in [1.807, 2.05) is 122 Å². The zero-order valence-corrected chi connectivity index (χ0v) is 44.7. The second-order valence-corrected chi connectivity index (χ2v) is 20.9. The molecule has 0 bridgehead atoms. The Balaban J connectivity index is 0.000000210. The van der Waals surface area contributed by atoms with Crippen molar-refractivity contribution in [3.63, 3.8) is 0 Å². The maximum Gasteiger partial charge on any atom is 0.343 e. The number of carbonyl (C=O) groups excluding carboxylic acids is 4. The number of hydrogen-bond acceptors (Lipinski definition) is 10. The van der Waals surface area contributed by atoms with Gasteiger partial charge < -0.3 is 37.9 Å². The molecule has 0 saturated heterocycles. The fraction of sp³-hybridized carbons (Fsp3) is 0.448. The monoisotopic (exact) mass is 1030 g/mol. The van der Waals surface area contributed by atoms with E-state index in [1.165, 1.54) is 63.9 Å². The summed E-state index contributed by atoms with van der Waals surface area (Å²) < 4.78 is 30.3. The highest BCUT2D eigenvalue weighted by atomic mass is 79.9. The van der Waals surface area contributed by atoms with Crippen LogP contribution in [-0.4, -0.2) is 75.5 Å². The summed E-state index contributed by atoms with van der Waals surface area (Å²) >= 11 is 2.90. The summed E-state index contributed by atoms with van der Waals surface area (Å²) in [5.41, 5.74) is 8.43. The molecule has 2 aromatic heterocycles. The lowest BCUT2D eigenvalue weighted by Crippen LogP contribution is -2.23. The molecule has 0 amide bonds. The van der Waals surface area contributed by atoms with Crippen LogP contribution in [0.5, 0.6) is 11.5 Å². The Morgan fingerprint density at radius 2 is 1.01 bits per heavy atom. The number of hydrogen-bond donors (Lipinski definition) is 1. The van der Waals surface area contributed by atoms with Crippen molar-refractivity contribution in [3.05, 3.63) is 107 Å². The van der Waals surface area contributed by atoms with Crippen LogP contribution >= 0.6 is 15.9 Å². The minimum atomic E-state index is -0.561. The van der Waals surface area contributed by atoms with Crippen molar-refractivity contribution in [2.75, 3.05) is 26.2 Å². The van der Waals surface area contributed by atoms with Crippen molar-refractivity contribution in [2.45, 2.75) is 129 Å². The quantitative estimate of drug-likeness (QED) is 0.0800. The summed E-state index contributed by atoms with van der Waals surface area (Å²) in [7, 11) is 6.75. The Morgan fingerprint density at radius 3 is 1.42 bits per heavy atom. The number of ether oxygens (including phenoxy) is 5. The normalized spacial score (nSPS) is 14.4. The zero-order chi connectivity index (χ0) is 51.6. The van der Waals surface area contributed by atoms with Crippen LogP contribution in [0.25, 0.3) is 44.3 Å². The summed E-state index contributed by atoms with van der Waals surface area (Å²) in [5, 5.41) is 13.2. The van der Waals surface area contributed by atoms with Crippen molar-refractivity contribution in [2.24, 2.45) is 14.1 Å². The molecular formula is C58H71BrN2O10. The molecule has 0 unspecified atom stereocenters. The number of fused-ring (bicyclic) bond motifs is 2. The largest absolute Gasteiger partial charge is 0.507 e. The minimum Gasteiger partial charge on any atom is -0.507 e. The number of para-hydroxylation sites is 2. The summed E-state index contributed by atoms with van der Waals surface area (Å²) in [6.45, 7) is 11.1. The van der Waals surface area contributed by atoms with Crippen LogP contribution < -0.4 is 4.74 Å². The first kappa shape index (κ1) is 54.3. The molecule has 0 radical (unpaired) electrons. The maximum atomic E-state index is 12.8. The van der Waals surface area contributed by atoms with Gasteiger partial charge in [0.2, 0.25) is 0 Å². The van der Waals surface area contributed by atoms with Gasteiger partial charge in [-0.05, 0) is 139 Å². The van der Waals surface area contributed by atoms with Crippen LogP contribution in [0.15, 0.2) is 84.9 Å². The number of rotatable bonds is 10. The number of nitrogens with zero attached hydrogens (tertiary/aromatic N) is 2. The number of aromatic nitrogens is 2. The molecule has 2 aliphatic rings. The van der Waals surface area contributed by atoms with Gasteiger partial charge in [-0.2, -0.15) is 0 Å². The molecule has 12 nitrogen and oxygen atoms in total. The lowest BCUT2D eigenvalue weighted by Gasteiger charge is -2.24. The standard InChI is InChI=1S/C29H35NO5.C26H31NO3.C3H5BrO2/c1-29(2,3)35-28(32)20-15-16-21-23(17-20)30(4)27(26(21)19-11-7-6-8-12-19)22-13-9-10-14-24(22)34-18-25(31)33-5;1-26(2,3)30-25(29)18-14-15-19-21(16-18)27(4)24(20-12-8-9-13-22(20)28)23(19)17-10-6-5-7-11-17;1-6-3(5)2-4/h9-10,13-17,19H,6-8,11-12,18H2,1-5H3;8-9,12-17,28H,5-7,10-11H2,1-4H3;2H2,1H3. The molecule has 2 fully saturated rings. The molecule has 71 heavy (non-hydrogen) atoms. The third kappa shape index (κ3) is 13.5. The third-order valence-electron chi connectivity index (χ3n) is 13.0. The fourth-order valence-corrected chi connectivity index (χ4v) is 10.1. The van der Waals surface area contributed by atoms with Crippen LogP contribution in [-0.2, 0) is 42.6 Å². The minimum absolute atomic E-state index is 0.154. The first-order valence-corrected chi connectivity index (χ1v) is 25.8. The third-order valence-corrected chi connectivity index (χ3v) is 13.4. The number of aromatic hydroxyl groups is 1. The van der Waals surface area contributed by atoms with Gasteiger partial charge in [0.05, 0.1) is 36.7 Å². The molecule has 2 aliphatic carbocycles. The highest BCUT2D eigenvalue weighted by molar-refractivity contribution is 9.09. The Bertz CT molecular complexity index is 2830. The number of alkyl halides is 1. The number of halogens is 1. The van der Waals surface area contributed by atoms with Crippen molar-refractivity contribution in [3.8, 4) is 34.0 Å². The van der Waals surface area contributed by atoms with Crippen LogP contribution in [0.2, 0.25) is 0 Å². The Kier molecular flexibility index (Phi) is 18.3. The average Bonchev–Trinajstić information content (AvgIpc) is 3.81. The molecule has 380 valence electrons. The lowest BCUT2D eigenvalue weighted by atomic mass is 9.81. The predicted octanol–water partition coefficient (Wildman–Crippen LogP) is 13.5. The SMILES string of the molecule is COC(=O)CBr.COC(=O)COc1ccccc1-c1c(C2CCCCC2)c2ccc(C(=O)OC(C)(C)C)cc2n1C.Cn1c(-c2ccccc2O)c(C2CCCCC2)c2ccc(C(=O)OC(C)(C)C)cc21. The van der Waals surface area contributed by atoms with Crippen LogP contribution in [0.3, 0.4) is 0 Å². The van der Waals surface area contributed by atoms with Gasteiger partial charge in [0.25, 0.3) is 0 Å². The number of methoxy groups -OCH3 is 2. The van der Waals surface area contributed by atoms with E-state index in [-0.39, 0.29) is 35.6 Å². The second kappa shape index (κ2) is 23.9. The average molecular weight is 1040 g/mol. The van der Waals surface area contributed by atoms with Gasteiger partial charge in [-0.3, -0.25) is 4.79 Å². The van der Waals surface area contributed by atoms with E-state index in [0.29, 0.717) is 28.7 Å². The summed E-state index contributed by atoms with van der Waals surface area (Å²) in [6, 6.07) is 27.0. The molecule has 0 aliphatic heterocycles. The molecule has 13 heteroatoms.